The largest absolute Gasteiger partial charge is 0.396 e. The molecule has 3 N–H and O–H groups in total. The number of nitrogens with one attached hydrogen (secondary N) is 1. The van der Waals surface area contributed by atoms with Gasteiger partial charge in [-0.15, -0.1) is 0 Å². The minimum Gasteiger partial charge on any atom is -0.396 e. The van der Waals surface area contributed by atoms with Crippen molar-refractivity contribution >= 4 is 51.4 Å². The fraction of sp³-hybridized carbons (Fsp3) is 0.118. The van der Waals surface area contributed by atoms with Crippen LogP contribution in [-0.2, 0) is 6.54 Å². The third-order valence-corrected chi connectivity index (χ3v) is 4.32. The SMILES string of the molecule is CCn1c(C(=O)Nc2cc(Cl)c(N)c(Cl)c2)cc2ccccc21. The first-order valence-corrected chi connectivity index (χ1v) is 7.91. The molecule has 6 heteroatoms. The van der Waals surface area contributed by atoms with Crippen LogP contribution in [0.5, 0.6) is 0 Å². The molecule has 0 bridgehead atoms. The van der Waals surface area contributed by atoms with Crippen molar-refractivity contribution in [2.45, 2.75) is 13.5 Å². The Balaban J connectivity index is 1.98. The number of nitrogens with zero attached hydrogens (tertiary/aromatic N) is 1. The van der Waals surface area contributed by atoms with Crippen molar-refractivity contribution in [1.82, 2.24) is 4.57 Å². The van der Waals surface area contributed by atoms with E-state index in [1.807, 2.05) is 41.8 Å². The third kappa shape index (κ3) is 2.87. The summed E-state index contributed by atoms with van der Waals surface area (Å²) in [7, 11) is 0. The van der Waals surface area contributed by atoms with Gasteiger partial charge >= 0.3 is 0 Å². The highest BCUT2D eigenvalue weighted by Crippen LogP contribution is 2.31. The molecule has 0 radical (unpaired) electrons. The van der Waals surface area contributed by atoms with Crippen molar-refractivity contribution in [3.63, 3.8) is 0 Å². The van der Waals surface area contributed by atoms with E-state index in [-0.39, 0.29) is 5.91 Å². The van der Waals surface area contributed by atoms with Crippen LogP contribution in [0.4, 0.5) is 11.4 Å². The monoisotopic (exact) mass is 347 g/mol. The van der Waals surface area contributed by atoms with Crippen LogP contribution in [0, 0.1) is 0 Å². The molecule has 1 amide bonds. The predicted octanol–water partition coefficient (Wildman–Crippen LogP) is 4.80. The van der Waals surface area contributed by atoms with E-state index >= 15 is 0 Å². The molecule has 0 unspecified atom stereocenters. The molecule has 1 heterocycles. The van der Waals surface area contributed by atoms with Gasteiger partial charge in [0, 0.05) is 23.1 Å². The fourth-order valence-electron chi connectivity index (χ4n) is 2.59. The standard InChI is InChI=1S/C17H15Cl2N3O/c1-2-22-14-6-4-3-5-10(14)7-15(22)17(23)21-11-8-12(18)16(20)13(19)9-11/h3-9H,2,20H2,1H3,(H,21,23). The van der Waals surface area contributed by atoms with Gasteiger partial charge in [-0.3, -0.25) is 4.79 Å². The van der Waals surface area contributed by atoms with Crippen molar-refractivity contribution in [3.05, 3.63) is 58.2 Å². The third-order valence-electron chi connectivity index (χ3n) is 3.70. The summed E-state index contributed by atoms with van der Waals surface area (Å²) < 4.78 is 1.96. The van der Waals surface area contributed by atoms with E-state index in [0.717, 1.165) is 10.9 Å². The smallest absolute Gasteiger partial charge is 0.272 e. The summed E-state index contributed by atoms with van der Waals surface area (Å²) in [4.78, 5) is 12.6. The number of carbonyl (C=O) groups excluding carboxylic acids is 1. The van der Waals surface area contributed by atoms with Gasteiger partial charge in [-0.25, -0.2) is 0 Å². The molecular formula is C17H15Cl2N3O. The second-order valence-electron chi connectivity index (χ2n) is 5.14. The minimum absolute atomic E-state index is 0.222. The fourth-order valence-corrected chi connectivity index (χ4v) is 3.08. The first kappa shape index (κ1) is 15.7. The van der Waals surface area contributed by atoms with Crippen LogP contribution >= 0.6 is 23.2 Å². The van der Waals surface area contributed by atoms with Gasteiger partial charge in [0.25, 0.3) is 5.91 Å². The highest BCUT2D eigenvalue weighted by Gasteiger charge is 2.15. The van der Waals surface area contributed by atoms with Crippen LogP contribution in [0.15, 0.2) is 42.5 Å². The van der Waals surface area contributed by atoms with Crippen LogP contribution in [-0.4, -0.2) is 10.5 Å². The number of fused-ring (bicyclic) bond motifs is 1. The van der Waals surface area contributed by atoms with E-state index in [9.17, 15) is 4.79 Å². The van der Waals surface area contributed by atoms with Crippen LogP contribution in [0.1, 0.15) is 17.4 Å². The van der Waals surface area contributed by atoms with Crippen molar-refractivity contribution in [3.8, 4) is 0 Å². The zero-order valence-electron chi connectivity index (χ0n) is 12.4. The Morgan fingerprint density at radius 1 is 1.17 bits per heavy atom. The van der Waals surface area contributed by atoms with E-state index in [0.29, 0.717) is 33.7 Å². The molecule has 0 fully saturated rings. The maximum Gasteiger partial charge on any atom is 0.272 e. The lowest BCUT2D eigenvalue weighted by atomic mass is 10.2. The maximum atomic E-state index is 12.6. The summed E-state index contributed by atoms with van der Waals surface area (Å²) in [6, 6.07) is 12.9. The molecule has 0 atom stereocenters. The lowest BCUT2D eigenvalue weighted by Gasteiger charge is -2.10. The maximum absolute atomic E-state index is 12.6. The van der Waals surface area contributed by atoms with Crippen LogP contribution in [0.2, 0.25) is 10.0 Å². The molecule has 3 aromatic rings. The number of nitrogen functional groups attached to an aromatic ring is 1. The van der Waals surface area contributed by atoms with Gasteiger partial charge in [0.1, 0.15) is 5.69 Å². The molecule has 23 heavy (non-hydrogen) atoms. The first-order chi connectivity index (χ1) is 11.0. The number of amides is 1. The Bertz CT molecular complexity index is 879. The van der Waals surface area contributed by atoms with E-state index in [4.69, 9.17) is 28.9 Å². The molecular weight excluding hydrogens is 333 g/mol. The molecule has 4 nitrogen and oxygen atoms in total. The highest BCUT2D eigenvalue weighted by molar-refractivity contribution is 6.39. The van der Waals surface area contributed by atoms with Crippen LogP contribution in [0.3, 0.4) is 0 Å². The normalized spacial score (nSPS) is 10.9. The molecule has 1 aromatic heterocycles. The molecule has 0 aliphatic heterocycles. The van der Waals surface area contributed by atoms with Gasteiger partial charge in [0.15, 0.2) is 0 Å². The van der Waals surface area contributed by atoms with E-state index in [1.54, 1.807) is 12.1 Å². The van der Waals surface area contributed by atoms with Crippen LogP contribution < -0.4 is 11.1 Å². The second kappa shape index (κ2) is 6.14. The van der Waals surface area contributed by atoms with Gasteiger partial charge < -0.3 is 15.6 Å². The average molecular weight is 348 g/mol. The summed E-state index contributed by atoms with van der Waals surface area (Å²) in [5.41, 5.74) is 8.12. The molecule has 0 saturated carbocycles. The number of rotatable bonds is 3. The predicted molar refractivity (Wildman–Crippen MR) is 96.4 cm³/mol. The number of nitrogens with two attached hydrogens (primary N) is 1. The Hall–Kier alpha value is -2.17. The number of anilines is 2. The summed E-state index contributed by atoms with van der Waals surface area (Å²) in [5.74, 6) is -0.222. The molecule has 0 aliphatic carbocycles. The van der Waals surface area contributed by atoms with Crippen molar-refractivity contribution in [2.24, 2.45) is 0 Å². The first-order valence-electron chi connectivity index (χ1n) is 7.15. The quantitative estimate of drug-likeness (QED) is 0.668. The summed E-state index contributed by atoms with van der Waals surface area (Å²) in [5, 5.41) is 4.46. The zero-order chi connectivity index (χ0) is 16.6. The topological polar surface area (TPSA) is 60.0 Å². The van der Waals surface area contributed by atoms with Crippen molar-refractivity contribution in [2.75, 3.05) is 11.1 Å². The van der Waals surface area contributed by atoms with Gasteiger partial charge in [-0.2, -0.15) is 0 Å². The molecule has 2 aromatic carbocycles. The number of hydrogen-bond donors (Lipinski definition) is 2. The molecule has 0 spiro atoms. The number of benzene rings is 2. The molecule has 0 aliphatic rings. The van der Waals surface area contributed by atoms with E-state index in [2.05, 4.69) is 5.32 Å². The Morgan fingerprint density at radius 2 is 1.83 bits per heavy atom. The number of carbonyl (C=O) groups is 1. The van der Waals surface area contributed by atoms with Gasteiger partial charge in [-0.05, 0) is 31.2 Å². The average Bonchev–Trinajstić information content (AvgIpc) is 2.91. The minimum atomic E-state index is -0.222. The van der Waals surface area contributed by atoms with Crippen molar-refractivity contribution < 1.29 is 4.79 Å². The lowest BCUT2D eigenvalue weighted by Crippen LogP contribution is -2.16. The number of aromatic nitrogens is 1. The second-order valence-corrected chi connectivity index (χ2v) is 5.95. The van der Waals surface area contributed by atoms with E-state index < -0.39 is 0 Å². The van der Waals surface area contributed by atoms with Crippen LogP contribution in [0.25, 0.3) is 10.9 Å². The molecule has 118 valence electrons. The summed E-state index contributed by atoms with van der Waals surface area (Å²) in [6.45, 7) is 2.69. The Kier molecular flexibility index (Phi) is 4.20. The van der Waals surface area contributed by atoms with Crippen molar-refractivity contribution in [1.29, 1.82) is 0 Å². The molecule has 3 rings (SSSR count). The summed E-state index contributed by atoms with van der Waals surface area (Å²) in [6.07, 6.45) is 0. The Labute approximate surface area is 143 Å². The summed E-state index contributed by atoms with van der Waals surface area (Å²) >= 11 is 12.0. The lowest BCUT2D eigenvalue weighted by molar-refractivity contribution is 0.101. The zero-order valence-corrected chi connectivity index (χ0v) is 13.9. The van der Waals surface area contributed by atoms with Gasteiger partial charge in [0.05, 0.1) is 15.7 Å². The number of aryl methyl sites for hydroxylation is 1. The van der Waals surface area contributed by atoms with E-state index in [1.165, 1.54) is 0 Å². The number of para-hydroxylation sites is 1. The Morgan fingerprint density at radius 3 is 2.48 bits per heavy atom. The van der Waals surface area contributed by atoms with Gasteiger partial charge in [-0.1, -0.05) is 41.4 Å². The molecule has 0 saturated heterocycles. The van der Waals surface area contributed by atoms with Gasteiger partial charge in [0.2, 0.25) is 0 Å². The highest BCUT2D eigenvalue weighted by atomic mass is 35.5. The number of halogens is 2. The number of hydrogen-bond acceptors (Lipinski definition) is 2.